The lowest BCUT2D eigenvalue weighted by Gasteiger charge is -2.00. The first-order valence-corrected chi connectivity index (χ1v) is 5.22. The van der Waals surface area contributed by atoms with Crippen LogP contribution >= 0.6 is 11.6 Å². The maximum absolute atomic E-state index is 5.93. The van der Waals surface area contributed by atoms with Crippen molar-refractivity contribution in [3.8, 4) is 0 Å². The molecule has 0 bridgehead atoms. The van der Waals surface area contributed by atoms with Crippen molar-refractivity contribution in [3.63, 3.8) is 0 Å². The molecule has 0 heterocycles. The van der Waals surface area contributed by atoms with Gasteiger partial charge in [-0.2, -0.15) is 0 Å². The van der Waals surface area contributed by atoms with Gasteiger partial charge in [0.1, 0.15) is 0 Å². The van der Waals surface area contributed by atoms with Crippen LogP contribution in [0.15, 0.2) is 30.4 Å². The molecule has 1 aromatic carbocycles. The molecular weight excluding hydrogens is 194 g/mol. The van der Waals surface area contributed by atoms with E-state index in [1.54, 1.807) is 0 Å². The fraction of sp³-hybridized carbons (Fsp3) is 0.333. The average Bonchev–Trinajstić information content (AvgIpc) is 2.18. The van der Waals surface area contributed by atoms with Crippen LogP contribution in [-0.4, -0.2) is 6.54 Å². The summed E-state index contributed by atoms with van der Waals surface area (Å²) in [6.07, 6.45) is 6.17. The van der Waals surface area contributed by atoms with Crippen LogP contribution in [0.25, 0.3) is 0 Å². The first kappa shape index (κ1) is 11.3. The summed E-state index contributed by atoms with van der Waals surface area (Å²) in [4.78, 5) is 0. The highest BCUT2D eigenvalue weighted by Gasteiger charge is 1.95. The van der Waals surface area contributed by atoms with Gasteiger partial charge in [-0.15, -0.1) is 0 Å². The molecule has 1 nitrogen and oxygen atoms in total. The Morgan fingerprint density at radius 3 is 2.79 bits per heavy atom. The molecule has 0 saturated carbocycles. The summed E-state index contributed by atoms with van der Waals surface area (Å²) in [6.45, 7) is 2.74. The molecule has 0 saturated heterocycles. The van der Waals surface area contributed by atoms with E-state index in [-0.39, 0.29) is 0 Å². The fourth-order valence-corrected chi connectivity index (χ4v) is 1.38. The lowest BCUT2D eigenvalue weighted by atomic mass is 10.1. The Morgan fingerprint density at radius 1 is 1.36 bits per heavy atom. The first-order valence-electron chi connectivity index (χ1n) is 4.84. The Bertz CT molecular complexity index is 318. The van der Waals surface area contributed by atoms with Gasteiger partial charge >= 0.3 is 0 Å². The van der Waals surface area contributed by atoms with Crippen LogP contribution in [0.5, 0.6) is 0 Å². The van der Waals surface area contributed by atoms with E-state index in [1.807, 2.05) is 13.0 Å². The van der Waals surface area contributed by atoms with Crippen LogP contribution in [0.4, 0.5) is 0 Å². The number of rotatable bonds is 4. The predicted molar refractivity (Wildman–Crippen MR) is 62.7 cm³/mol. The van der Waals surface area contributed by atoms with Gasteiger partial charge in [-0.25, -0.2) is 0 Å². The van der Waals surface area contributed by atoms with Crippen LogP contribution < -0.4 is 5.73 Å². The molecule has 2 N–H and O–H groups in total. The average molecular weight is 210 g/mol. The Morgan fingerprint density at radius 2 is 2.14 bits per heavy atom. The second-order valence-corrected chi connectivity index (χ2v) is 3.74. The normalized spacial score (nSPS) is 11.1. The summed E-state index contributed by atoms with van der Waals surface area (Å²) in [7, 11) is 0. The molecule has 1 aromatic rings. The van der Waals surface area contributed by atoms with Crippen molar-refractivity contribution < 1.29 is 0 Å². The fourth-order valence-electron chi connectivity index (χ4n) is 1.27. The molecule has 1 rings (SSSR count). The highest BCUT2D eigenvalue weighted by atomic mass is 35.5. The highest BCUT2D eigenvalue weighted by molar-refractivity contribution is 6.31. The summed E-state index contributed by atoms with van der Waals surface area (Å²) in [5, 5.41) is 0.833. The number of halogens is 1. The smallest absolute Gasteiger partial charge is 0.0435 e. The third kappa shape index (κ3) is 3.52. The molecule has 2 heteroatoms. The van der Waals surface area contributed by atoms with E-state index in [4.69, 9.17) is 17.3 Å². The van der Waals surface area contributed by atoms with Crippen molar-refractivity contribution in [1.29, 1.82) is 0 Å². The van der Waals surface area contributed by atoms with Crippen molar-refractivity contribution in [3.05, 3.63) is 46.5 Å². The molecular formula is C12H16ClN. The quantitative estimate of drug-likeness (QED) is 0.758. The molecule has 76 valence electrons. The van der Waals surface area contributed by atoms with E-state index < -0.39 is 0 Å². The number of hydrogen-bond donors (Lipinski definition) is 1. The minimum absolute atomic E-state index is 0.718. The van der Waals surface area contributed by atoms with Crippen molar-refractivity contribution >= 4 is 11.6 Å². The molecule has 0 amide bonds. The van der Waals surface area contributed by atoms with Crippen molar-refractivity contribution in [1.82, 2.24) is 0 Å². The zero-order valence-electron chi connectivity index (χ0n) is 8.46. The van der Waals surface area contributed by atoms with Gasteiger partial charge in [0.15, 0.2) is 0 Å². The monoisotopic (exact) mass is 209 g/mol. The third-order valence-electron chi connectivity index (χ3n) is 2.08. The summed E-state index contributed by atoms with van der Waals surface area (Å²) in [5.74, 6) is 0. The van der Waals surface area contributed by atoms with Gasteiger partial charge in [0.25, 0.3) is 0 Å². The van der Waals surface area contributed by atoms with Crippen molar-refractivity contribution in [2.75, 3.05) is 6.54 Å². The number of hydrogen-bond acceptors (Lipinski definition) is 1. The zero-order chi connectivity index (χ0) is 10.4. The van der Waals surface area contributed by atoms with E-state index in [1.165, 1.54) is 5.56 Å². The minimum atomic E-state index is 0.718. The van der Waals surface area contributed by atoms with Gasteiger partial charge in [-0.05, 0) is 43.5 Å². The summed E-state index contributed by atoms with van der Waals surface area (Å²) < 4.78 is 0. The second-order valence-electron chi connectivity index (χ2n) is 3.34. The molecule has 0 aliphatic carbocycles. The highest BCUT2D eigenvalue weighted by Crippen LogP contribution is 2.16. The van der Waals surface area contributed by atoms with Crippen molar-refractivity contribution in [2.24, 2.45) is 5.73 Å². The Labute approximate surface area is 90.6 Å². The molecule has 0 aliphatic heterocycles. The lowest BCUT2D eigenvalue weighted by molar-refractivity contribution is 1.00. The van der Waals surface area contributed by atoms with Gasteiger partial charge in [-0.1, -0.05) is 35.9 Å². The van der Waals surface area contributed by atoms with Gasteiger partial charge in [0.05, 0.1) is 0 Å². The molecule has 0 spiro atoms. The van der Waals surface area contributed by atoms with Crippen LogP contribution in [-0.2, 0) is 6.42 Å². The lowest BCUT2D eigenvalue weighted by Crippen LogP contribution is -1.95. The van der Waals surface area contributed by atoms with E-state index in [0.29, 0.717) is 0 Å². The number of allylic oxidation sites excluding steroid dienone is 1. The van der Waals surface area contributed by atoms with E-state index in [2.05, 4.69) is 24.3 Å². The predicted octanol–water partition coefficient (Wildman–Crippen LogP) is 3.10. The largest absolute Gasteiger partial charge is 0.330 e. The molecule has 0 aromatic heterocycles. The van der Waals surface area contributed by atoms with Gasteiger partial charge in [0, 0.05) is 5.02 Å². The Balaban J connectivity index is 2.55. The summed E-state index contributed by atoms with van der Waals surface area (Å²) >= 11 is 5.93. The number of aryl methyl sites for hydroxylation is 1. The van der Waals surface area contributed by atoms with Gasteiger partial charge in [0.2, 0.25) is 0 Å². The maximum atomic E-state index is 5.93. The standard InChI is InChI=1S/C12H16ClN/c1-10-9-11(6-7-12(10)13)5-3-2-4-8-14/h2-3,6-7,9H,4-5,8,14H2,1H3/b3-2+. The van der Waals surface area contributed by atoms with Gasteiger partial charge in [-0.3, -0.25) is 0 Å². The number of benzene rings is 1. The zero-order valence-corrected chi connectivity index (χ0v) is 9.22. The van der Waals surface area contributed by atoms with Gasteiger partial charge < -0.3 is 5.73 Å². The molecule has 0 radical (unpaired) electrons. The van der Waals surface area contributed by atoms with E-state index in [0.717, 1.165) is 30.0 Å². The Kier molecular flexibility index (Phi) is 4.71. The van der Waals surface area contributed by atoms with E-state index in [9.17, 15) is 0 Å². The summed E-state index contributed by atoms with van der Waals surface area (Å²) in [6, 6.07) is 6.13. The second kappa shape index (κ2) is 5.84. The molecule has 0 unspecified atom stereocenters. The maximum Gasteiger partial charge on any atom is 0.0435 e. The minimum Gasteiger partial charge on any atom is -0.330 e. The van der Waals surface area contributed by atoms with Crippen LogP contribution in [0.3, 0.4) is 0 Å². The number of nitrogens with two attached hydrogens (primary N) is 1. The summed E-state index contributed by atoms with van der Waals surface area (Å²) in [5.41, 5.74) is 7.81. The van der Waals surface area contributed by atoms with E-state index >= 15 is 0 Å². The molecule has 0 aliphatic rings. The topological polar surface area (TPSA) is 26.0 Å². The third-order valence-corrected chi connectivity index (χ3v) is 2.50. The SMILES string of the molecule is Cc1cc(C/C=C/CCN)ccc1Cl. The molecule has 0 fully saturated rings. The van der Waals surface area contributed by atoms with Crippen LogP contribution in [0.1, 0.15) is 17.5 Å². The molecule has 14 heavy (non-hydrogen) atoms. The van der Waals surface area contributed by atoms with Crippen LogP contribution in [0, 0.1) is 6.92 Å². The van der Waals surface area contributed by atoms with Crippen LogP contribution in [0.2, 0.25) is 5.02 Å². The Hall–Kier alpha value is -0.790. The molecule has 0 atom stereocenters. The van der Waals surface area contributed by atoms with Crippen molar-refractivity contribution in [2.45, 2.75) is 19.8 Å². The first-order chi connectivity index (χ1) is 6.74.